The predicted octanol–water partition coefficient (Wildman–Crippen LogP) is 7.08. The van der Waals surface area contributed by atoms with Crippen molar-refractivity contribution < 1.29 is 9.53 Å². The van der Waals surface area contributed by atoms with Gasteiger partial charge in [0, 0.05) is 16.8 Å². The quantitative estimate of drug-likeness (QED) is 0.281. The number of anilines is 1. The van der Waals surface area contributed by atoms with Gasteiger partial charge in [-0.15, -0.1) is 11.3 Å². The third-order valence-corrected chi connectivity index (χ3v) is 7.31. The number of hydrogen-bond donors (Lipinski definition) is 1. The second-order valence-corrected chi connectivity index (χ2v) is 9.72. The summed E-state index contributed by atoms with van der Waals surface area (Å²) in [4.78, 5) is 19.3. The number of aryl methyl sites for hydroxylation is 1. The van der Waals surface area contributed by atoms with Gasteiger partial charge in [-0.2, -0.15) is 5.26 Å². The zero-order chi connectivity index (χ0) is 24.7. The van der Waals surface area contributed by atoms with E-state index in [9.17, 15) is 4.79 Å². The summed E-state index contributed by atoms with van der Waals surface area (Å²) in [5.41, 5.74) is 5.21. The van der Waals surface area contributed by atoms with Gasteiger partial charge in [-0.05, 0) is 90.9 Å². The van der Waals surface area contributed by atoms with Gasteiger partial charge >= 0.3 is 0 Å². The van der Waals surface area contributed by atoms with E-state index < -0.39 is 0 Å². The standard InChI is InChI=1S/C30H25N3O2S/c31-18-21-10-12-23(13-11-21)20-35-25-16-14-22(15-17-25)19-32-30-28(26-8-4-5-9-27(26)36-30)29(34)33-24-6-2-1-3-7-24/h1-3,6-7,10-17,19H,4-5,8-9,20H2,(H,33,34). The van der Waals surface area contributed by atoms with Crippen LogP contribution >= 0.6 is 11.3 Å². The highest BCUT2D eigenvalue weighted by Crippen LogP contribution is 2.40. The Balaban J connectivity index is 1.30. The summed E-state index contributed by atoms with van der Waals surface area (Å²) in [5, 5.41) is 12.7. The van der Waals surface area contributed by atoms with Crippen LogP contribution in [0.2, 0.25) is 0 Å². The van der Waals surface area contributed by atoms with Gasteiger partial charge < -0.3 is 10.1 Å². The molecule has 0 spiro atoms. The molecule has 0 atom stereocenters. The first kappa shape index (κ1) is 23.5. The zero-order valence-corrected chi connectivity index (χ0v) is 20.6. The molecule has 1 aliphatic rings. The molecule has 0 saturated heterocycles. The summed E-state index contributed by atoms with van der Waals surface area (Å²) in [5.74, 6) is 0.658. The number of nitrogens with zero attached hydrogens (tertiary/aromatic N) is 2. The molecule has 3 aromatic carbocycles. The Bertz CT molecular complexity index is 1420. The van der Waals surface area contributed by atoms with Gasteiger partial charge in [0.15, 0.2) is 0 Å². The van der Waals surface area contributed by atoms with E-state index in [1.54, 1.807) is 29.7 Å². The average Bonchev–Trinajstić information content (AvgIpc) is 3.31. The number of carbonyl (C=O) groups excluding carboxylic acids is 1. The van der Waals surface area contributed by atoms with Crippen LogP contribution in [0.4, 0.5) is 10.7 Å². The number of nitriles is 1. The molecule has 0 fully saturated rings. The number of aliphatic imine (C=N–C) groups is 1. The largest absolute Gasteiger partial charge is 0.489 e. The second-order valence-electron chi connectivity index (χ2n) is 8.64. The minimum Gasteiger partial charge on any atom is -0.489 e. The van der Waals surface area contributed by atoms with Gasteiger partial charge in [-0.25, -0.2) is 4.99 Å². The van der Waals surface area contributed by atoms with Crippen LogP contribution in [0.25, 0.3) is 0 Å². The first-order valence-electron chi connectivity index (χ1n) is 12.0. The minimum absolute atomic E-state index is 0.0979. The van der Waals surface area contributed by atoms with Gasteiger partial charge in [0.2, 0.25) is 0 Å². The lowest BCUT2D eigenvalue weighted by Crippen LogP contribution is -2.14. The van der Waals surface area contributed by atoms with E-state index >= 15 is 0 Å². The lowest BCUT2D eigenvalue weighted by atomic mass is 9.95. The van der Waals surface area contributed by atoms with Crippen LogP contribution in [0.5, 0.6) is 5.75 Å². The van der Waals surface area contributed by atoms with Crippen LogP contribution in [0.3, 0.4) is 0 Å². The smallest absolute Gasteiger partial charge is 0.259 e. The van der Waals surface area contributed by atoms with Crippen molar-refractivity contribution in [1.29, 1.82) is 5.26 Å². The summed E-state index contributed by atoms with van der Waals surface area (Å²) in [6.07, 6.45) is 5.99. The maximum absolute atomic E-state index is 13.2. The molecule has 5 rings (SSSR count). The van der Waals surface area contributed by atoms with Crippen molar-refractivity contribution in [3.05, 3.63) is 112 Å². The van der Waals surface area contributed by atoms with Crippen molar-refractivity contribution in [3.63, 3.8) is 0 Å². The Labute approximate surface area is 214 Å². The van der Waals surface area contributed by atoms with Gasteiger partial charge in [0.1, 0.15) is 17.4 Å². The first-order valence-corrected chi connectivity index (χ1v) is 12.8. The Morgan fingerprint density at radius 1 is 1.00 bits per heavy atom. The third kappa shape index (κ3) is 5.54. The molecule has 0 saturated carbocycles. The van der Waals surface area contributed by atoms with E-state index in [0.717, 1.165) is 58.8 Å². The molecule has 0 bridgehead atoms. The topological polar surface area (TPSA) is 74.5 Å². The highest BCUT2D eigenvalue weighted by Gasteiger charge is 2.25. The highest BCUT2D eigenvalue weighted by molar-refractivity contribution is 7.16. The third-order valence-electron chi connectivity index (χ3n) is 6.11. The number of ether oxygens (including phenoxy) is 1. The van der Waals surface area contributed by atoms with E-state index in [0.29, 0.717) is 17.7 Å². The number of benzene rings is 3. The molecule has 1 amide bonds. The van der Waals surface area contributed by atoms with E-state index in [-0.39, 0.29) is 5.91 Å². The van der Waals surface area contributed by atoms with Crippen molar-refractivity contribution in [1.82, 2.24) is 0 Å². The molecule has 1 aromatic heterocycles. The second kappa shape index (κ2) is 11.0. The Kier molecular flexibility index (Phi) is 7.20. The van der Waals surface area contributed by atoms with Crippen molar-refractivity contribution in [2.24, 2.45) is 4.99 Å². The molecule has 4 aromatic rings. The molecule has 0 aliphatic heterocycles. The van der Waals surface area contributed by atoms with Gasteiger partial charge in [0.25, 0.3) is 5.91 Å². The number of carbonyl (C=O) groups is 1. The van der Waals surface area contributed by atoms with E-state index in [2.05, 4.69) is 11.4 Å². The highest BCUT2D eigenvalue weighted by atomic mass is 32.1. The fourth-order valence-electron chi connectivity index (χ4n) is 4.22. The fourth-order valence-corrected chi connectivity index (χ4v) is 5.45. The van der Waals surface area contributed by atoms with Crippen molar-refractivity contribution >= 4 is 34.1 Å². The number of amides is 1. The molecular formula is C30H25N3O2S. The van der Waals surface area contributed by atoms with Crippen LogP contribution in [0.15, 0.2) is 83.9 Å². The molecule has 1 aliphatic carbocycles. The number of thiophene rings is 1. The fraction of sp³-hybridized carbons (Fsp3) is 0.167. The zero-order valence-electron chi connectivity index (χ0n) is 19.7. The van der Waals surface area contributed by atoms with Crippen LogP contribution < -0.4 is 10.1 Å². The van der Waals surface area contributed by atoms with Gasteiger partial charge in [-0.1, -0.05) is 30.3 Å². The van der Waals surface area contributed by atoms with Gasteiger partial charge in [-0.3, -0.25) is 4.79 Å². The van der Waals surface area contributed by atoms with Crippen LogP contribution in [-0.4, -0.2) is 12.1 Å². The molecule has 36 heavy (non-hydrogen) atoms. The normalized spacial score (nSPS) is 12.6. The first-order chi connectivity index (χ1) is 17.7. The lowest BCUT2D eigenvalue weighted by molar-refractivity contribution is 0.102. The molecular weight excluding hydrogens is 466 g/mol. The monoisotopic (exact) mass is 491 g/mol. The molecule has 0 radical (unpaired) electrons. The Morgan fingerprint density at radius 3 is 2.50 bits per heavy atom. The summed E-state index contributed by atoms with van der Waals surface area (Å²) >= 11 is 1.63. The maximum Gasteiger partial charge on any atom is 0.259 e. The van der Waals surface area contributed by atoms with Crippen LogP contribution in [0, 0.1) is 11.3 Å². The van der Waals surface area contributed by atoms with E-state index in [1.807, 2.05) is 66.7 Å². The van der Waals surface area contributed by atoms with Crippen LogP contribution in [0.1, 0.15) is 50.3 Å². The molecule has 5 nitrogen and oxygen atoms in total. The molecule has 178 valence electrons. The molecule has 1 N–H and O–H groups in total. The average molecular weight is 492 g/mol. The number of rotatable bonds is 7. The van der Waals surface area contributed by atoms with Crippen molar-refractivity contribution in [3.8, 4) is 11.8 Å². The summed E-state index contributed by atoms with van der Waals surface area (Å²) in [7, 11) is 0. The molecule has 0 unspecified atom stereocenters. The summed E-state index contributed by atoms with van der Waals surface area (Å²) in [6, 6.07) is 26.8. The van der Waals surface area contributed by atoms with Crippen molar-refractivity contribution in [2.45, 2.75) is 32.3 Å². The van der Waals surface area contributed by atoms with Crippen molar-refractivity contribution in [2.75, 3.05) is 5.32 Å². The summed E-state index contributed by atoms with van der Waals surface area (Å²) in [6.45, 7) is 0.430. The summed E-state index contributed by atoms with van der Waals surface area (Å²) < 4.78 is 5.87. The van der Waals surface area contributed by atoms with E-state index in [1.165, 1.54) is 4.88 Å². The Hall–Kier alpha value is -4.21. The number of para-hydroxylation sites is 1. The molecule has 6 heteroatoms. The van der Waals surface area contributed by atoms with Crippen LogP contribution in [-0.2, 0) is 19.4 Å². The maximum atomic E-state index is 13.2. The predicted molar refractivity (Wildman–Crippen MR) is 145 cm³/mol. The lowest BCUT2D eigenvalue weighted by Gasteiger charge is -2.12. The number of hydrogen-bond acceptors (Lipinski definition) is 5. The Morgan fingerprint density at radius 2 is 1.75 bits per heavy atom. The SMILES string of the molecule is N#Cc1ccc(COc2ccc(C=Nc3sc4c(c3C(=O)Nc3ccccc3)CCCC4)cc2)cc1. The van der Waals surface area contributed by atoms with Gasteiger partial charge in [0.05, 0.1) is 17.2 Å². The molecule has 1 heterocycles. The number of fused-ring (bicyclic) bond motifs is 1. The van der Waals surface area contributed by atoms with E-state index in [4.69, 9.17) is 15.0 Å². The minimum atomic E-state index is -0.0979. The number of nitrogens with one attached hydrogen (secondary N) is 1.